The lowest BCUT2D eigenvalue weighted by Crippen LogP contribution is -1.93. The summed E-state index contributed by atoms with van der Waals surface area (Å²) in [6, 6.07) is 10.5. The number of halogens is 1. The molecule has 0 aliphatic carbocycles. The third-order valence-corrected chi connectivity index (χ3v) is 4.33. The van der Waals surface area contributed by atoms with Crippen molar-refractivity contribution in [1.29, 1.82) is 0 Å². The van der Waals surface area contributed by atoms with E-state index in [0.717, 1.165) is 10.2 Å². The molecule has 0 saturated heterocycles. The van der Waals surface area contributed by atoms with Crippen molar-refractivity contribution in [3.63, 3.8) is 0 Å². The second kappa shape index (κ2) is 6.31. The fourth-order valence-electron chi connectivity index (χ4n) is 1.99. The first kappa shape index (κ1) is 15.4. The van der Waals surface area contributed by atoms with Crippen molar-refractivity contribution < 1.29 is 4.92 Å². The minimum absolute atomic E-state index is 0.0988. The Morgan fingerprint density at radius 3 is 2.96 bits per heavy atom. The van der Waals surface area contributed by atoms with E-state index in [4.69, 9.17) is 11.6 Å². The molecule has 3 aromatic rings. The Bertz CT molecular complexity index is 923. The van der Waals surface area contributed by atoms with Crippen molar-refractivity contribution in [2.45, 2.75) is 6.92 Å². The van der Waals surface area contributed by atoms with Gasteiger partial charge in [0.1, 0.15) is 5.02 Å². The minimum atomic E-state index is -0.525. The van der Waals surface area contributed by atoms with Crippen LogP contribution in [-0.4, -0.2) is 16.1 Å². The van der Waals surface area contributed by atoms with Gasteiger partial charge in [-0.05, 0) is 30.7 Å². The number of benzene rings is 2. The maximum atomic E-state index is 10.8. The Balaban J connectivity index is 1.77. The molecule has 0 amide bonds. The zero-order chi connectivity index (χ0) is 16.4. The number of hydrazone groups is 1. The van der Waals surface area contributed by atoms with Crippen LogP contribution < -0.4 is 5.43 Å². The molecular formula is C15H11ClN4O2S. The maximum Gasteiger partial charge on any atom is 0.288 e. The molecule has 1 N–H and O–H groups in total. The van der Waals surface area contributed by atoms with E-state index in [1.807, 2.05) is 19.1 Å². The average Bonchev–Trinajstić information content (AvgIpc) is 2.90. The van der Waals surface area contributed by atoms with Crippen LogP contribution in [0.1, 0.15) is 11.1 Å². The third kappa shape index (κ3) is 3.46. The Morgan fingerprint density at radius 1 is 1.35 bits per heavy atom. The molecule has 0 radical (unpaired) electrons. The van der Waals surface area contributed by atoms with Crippen molar-refractivity contribution in [2.75, 3.05) is 5.43 Å². The van der Waals surface area contributed by atoms with Gasteiger partial charge in [-0.25, -0.2) is 4.98 Å². The maximum absolute atomic E-state index is 10.8. The van der Waals surface area contributed by atoms with E-state index in [1.165, 1.54) is 35.2 Å². The lowest BCUT2D eigenvalue weighted by molar-refractivity contribution is -0.384. The SMILES string of the molecule is Cc1ccc2nc(N/N=C\c3ccc(Cl)c([N+](=O)[O-])c3)sc2c1. The molecule has 6 nitrogen and oxygen atoms in total. The molecule has 116 valence electrons. The fourth-order valence-corrected chi connectivity index (χ4v) is 3.09. The van der Waals surface area contributed by atoms with Crippen LogP contribution in [0.15, 0.2) is 41.5 Å². The van der Waals surface area contributed by atoms with Crippen molar-refractivity contribution in [2.24, 2.45) is 5.10 Å². The van der Waals surface area contributed by atoms with Gasteiger partial charge in [-0.2, -0.15) is 5.10 Å². The summed E-state index contributed by atoms with van der Waals surface area (Å²) in [7, 11) is 0. The van der Waals surface area contributed by atoms with E-state index in [-0.39, 0.29) is 10.7 Å². The van der Waals surface area contributed by atoms with E-state index in [0.29, 0.717) is 10.7 Å². The molecule has 0 aliphatic rings. The van der Waals surface area contributed by atoms with Crippen molar-refractivity contribution >= 4 is 50.2 Å². The van der Waals surface area contributed by atoms with Gasteiger partial charge in [-0.1, -0.05) is 35.1 Å². The molecule has 2 aromatic carbocycles. The summed E-state index contributed by atoms with van der Waals surface area (Å²) in [5.74, 6) is 0. The molecule has 0 unspecified atom stereocenters. The number of thiazole rings is 1. The summed E-state index contributed by atoms with van der Waals surface area (Å²) >= 11 is 7.26. The minimum Gasteiger partial charge on any atom is -0.258 e. The van der Waals surface area contributed by atoms with Crippen molar-refractivity contribution in [1.82, 2.24) is 4.98 Å². The van der Waals surface area contributed by atoms with Gasteiger partial charge in [0.15, 0.2) is 0 Å². The number of hydrogen-bond acceptors (Lipinski definition) is 6. The molecule has 1 heterocycles. The Morgan fingerprint density at radius 2 is 2.17 bits per heavy atom. The molecule has 1 aromatic heterocycles. The highest BCUT2D eigenvalue weighted by atomic mass is 35.5. The second-order valence-corrected chi connectivity index (χ2v) is 6.27. The van der Waals surface area contributed by atoms with Crippen LogP contribution in [0.2, 0.25) is 5.02 Å². The van der Waals surface area contributed by atoms with Crippen molar-refractivity contribution in [3.05, 3.63) is 62.7 Å². The number of nitrogens with zero attached hydrogens (tertiary/aromatic N) is 3. The van der Waals surface area contributed by atoms with Gasteiger partial charge in [-0.15, -0.1) is 0 Å². The van der Waals surface area contributed by atoms with Crippen molar-refractivity contribution in [3.8, 4) is 0 Å². The van der Waals surface area contributed by atoms with Gasteiger partial charge in [0.05, 0.1) is 21.4 Å². The molecule has 23 heavy (non-hydrogen) atoms. The molecule has 0 aliphatic heterocycles. The Hall–Kier alpha value is -2.51. The summed E-state index contributed by atoms with van der Waals surface area (Å²) in [6.07, 6.45) is 1.49. The summed E-state index contributed by atoms with van der Waals surface area (Å²) in [5.41, 5.74) is 5.34. The van der Waals surface area contributed by atoms with Crippen LogP contribution in [0, 0.1) is 17.0 Å². The average molecular weight is 347 g/mol. The normalized spacial score (nSPS) is 11.2. The highest BCUT2D eigenvalue weighted by Crippen LogP contribution is 2.27. The highest BCUT2D eigenvalue weighted by molar-refractivity contribution is 7.22. The number of nitro benzene ring substituents is 1. The number of nitro groups is 1. The van der Waals surface area contributed by atoms with Crippen LogP contribution in [0.5, 0.6) is 0 Å². The topological polar surface area (TPSA) is 80.4 Å². The van der Waals surface area contributed by atoms with E-state index < -0.39 is 4.92 Å². The summed E-state index contributed by atoms with van der Waals surface area (Å²) in [4.78, 5) is 14.7. The van der Waals surface area contributed by atoms with E-state index in [9.17, 15) is 10.1 Å². The standard InChI is InChI=1S/C15H11ClN4O2S/c1-9-2-5-12-14(6-9)23-15(18-12)19-17-8-10-3-4-11(16)13(7-10)20(21)22/h2-8H,1H3,(H,18,19)/b17-8-. The van der Waals surface area contributed by atoms with Gasteiger partial charge < -0.3 is 0 Å². The predicted molar refractivity (Wildman–Crippen MR) is 93.7 cm³/mol. The number of rotatable bonds is 4. The van der Waals surface area contributed by atoms with E-state index >= 15 is 0 Å². The van der Waals surface area contributed by atoms with Crippen LogP contribution in [0.3, 0.4) is 0 Å². The zero-order valence-corrected chi connectivity index (χ0v) is 13.6. The monoisotopic (exact) mass is 346 g/mol. The quantitative estimate of drug-likeness (QED) is 0.425. The Kier molecular flexibility index (Phi) is 4.22. The summed E-state index contributed by atoms with van der Waals surface area (Å²) in [5, 5.41) is 15.7. The van der Waals surface area contributed by atoms with E-state index in [1.54, 1.807) is 6.07 Å². The molecule has 0 atom stereocenters. The first-order chi connectivity index (χ1) is 11.0. The Labute approximate surface area is 140 Å². The van der Waals surface area contributed by atoms with Crippen LogP contribution >= 0.6 is 22.9 Å². The third-order valence-electron chi connectivity index (χ3n) is 3.08. The largest absolute Gasteiger partial charge is 0.288 e. The lowest BCUT2D eigenvalue weighted by atomic mass is 10.2. The second-order valence-electron chi connectivity index (χ2n) is 4.83. The molecule has 0 bridgehead atoms. The van der Waals surface area contributed by atoms with Gasteiger partial charge in [-0.3, -0.25) is 15.5 Å². The van der Waals surface area contributed by atoms with Gasteiger partial charge in [0.25, 0.3) is 5.69 Å². The lowest BCUT2D eigenvalue weighted by Gasteiger charge is -1.97. The summed E-state index contributed by atoms with van der Waals surface area (Å²) < 4.78 is 1.07. The first-order valence-corrected chi connectivity index (χ1v) is 7.82. The van der Waals surface area contributed by atoms with Crippen LogP contribution in [-0.2, 0) is 0 Å². The first-order valence-electron chi connectivity index (χ1n) is 6.63. The smallest absolute Gasteiger partial charge is 0.258 e. The number of aromatic nitrogens is 1. The van der Waals surface area contributed by atoms with Gasteiger partial charge in [0.2, 0.25) is 5.13 Å². The number of hydrogen-bond donors (Lipinski definition) is 1. The molecule has 0 spiro atoms. The molecule has 8 heteroatoms. The summed E-state index contributed by atoms with van der Waals surface area (Å²) in [6.45, 7) is 2.03. The van der Waals surface area contributed by atoms with E-state index in [2.05, 4.69) is 21.6 Å². The van der Waals surface area contributed by atoms with Crippen LogP contribution in [0.25, 0.3) is 10.2 Å². The number of nitrogens with one attached hydrogen (secondary N) is 1. The molecule has 0 saturated carbocycles. The number of fused-ring (bicyclic) bond motifs is 1. The molecular weight excluding hydrogens is 336 g/mol. The van der Waals surface area contributed by atoms with Gasteiger partial charge >= 0.3 is 0 Å². The molecule has 3 rings (SSSR count). The number of anilines is 1. The zero-order valence-electron chi connectivity index (χ0n) is 12.0. The fraction of sp³-hybridized carbons (Fsp3) is 0.0667. The molecule has 0 fully saturated rings. The van der Waals surface area contributed by atoms with Gasteiger partial charge in [0, 0.05) is 11.6 Å². The highest BCUT2D eigenvalue weighted by Gasteiger charge is 2.11. The predicted octanol–water partition coefficient (Wildman–Crippen LogP) is 4.61. The number of aryl methyl sites for hydroxylation is 1. The van der Waals surface area contributed by atoms with Crippen LogP contribution in [0.4, 0.5) is 10.8 Å².